The molecule has 1 aromatic heterocycles. The Labute approximate surface area is 119 Å². The fourth-order valence-corrected chi connectivity index (χ4v) is 2.87. The molecule has 0 fully saturated rings. The molecule has 2 aromatic rings. The quantitative estimate of drug-likeness (QED) is 0.940. The van der Waals surface area contributed by atoms with Crippen LogP contribution in [-0.4, -0.2) is 16.6 Å². The molecule has 0 bridgehead atoms. The van der Waals surface area contributed by atoms with Crippen molar-refractivity contribution in [3.63, 3.8) is 0 Å². The summed E-state index contributed by atoms with van der Waals surface area (Å²) < 4.78 is 41.6. The zero-order chi connectivity index (χ0) is 14.8. The lowest BCUT2D eigenvalue weighted by atomic mass is 10.0. The molecule has 1 atom stereocenters. The van der Waals surface area contributed by atoms with E-state index in [9.17, 15) is 13.2 Å². The second kappa shape index (κ2) is 5.88. The van der Waals surface area contributed by atoms with Crippen molar-refractivity contribution in [3.8, 4) is 0 Å². The number of halogens is 3. The third-order valence-corrected chi connectivity index (χ3v) is 3.87. The van der Waals surface area contributed by atoms with Gasteiger partial charge in [-0.3, -0.25) is 0 Å². The number of nitrogens with one attached hydrogen (secondary N) is 1. The molecule has 1 N–H and O–H groups in total. The highest BCUT2D eigenvalue weighted by molar-refractivity contribution is 7.05. The Morgan fingerprint density at radius 2 is 1.90 bits per heavy atom. The van der Waals surface area contributed by atoms with Gasteiger partial charge in [-0.05, 0) is 42.7 Å². The Morgan fingerprint density at radius 3 is 2.40 bits per heavy atom. The normalized spacial score (nSPS) is 13.4. The minimum atomic E-state index is -4.31. The van der Waals surface area contributed by atoms with Crippen LogP contribution in [0.1, 0.15) is 34.7 Å². The van der Waals surface area contributed by atoms with Crippen molar-refractivity contribution in [3.05, 3.63) is 46.0 Å². The second-order valence-corrected chi connectivity index (χ2v) is 5.06. The van der Waals surface area contributed by atoms with E-state index < -0.39 is 11.7 Å². The molecule has 1 aromatic carbocycles. The predicted octanol–water partition coefficient (Wildman–Crippen LogP) is 3.43. The van der Waals surface area contributed by atoms with E-state index in [0.29, 0.717) is 0 Å². The standard InChI is InChI=1S/C13H14F3N3S/c1-3-10-12(20-19-18-10)11(17-2)8-4-6-9(7-5-8)13(14,15)16/h4-7,11,17H,3H2,1-2H3. The Kier molecular flexibility index (Phi) is 4.39. The summed E-state index contributed by atoms with van der Waals surface area (Å²) in [5, 5.41) is 7.14. The molecule has 0 saturated heterocycles. The molecule has 0 spiro atoms. The predicted molar refractivity (Wildman–Crippen MR) is 71.6 cm³/mol. The highest BCUT2D eigenvalue weighted by atomic mass is 32.1. The first-order valence-corrected chi connectivity index (χ1v) is 6.90. The van der Waals surface area contributed by atoms with E-state index in [4.69, 9.17) is 0 Å². The molecule has 0 saturated carbocycles. The van der Waals surface area contributed by atoms with Crippen molar-refractivity contribution in [1.29, 1.82) is 0 Å². The second-order valence-electron chi connectivity index (χ2n) is 4.28. The molecule has 20 heavy (non-hydrogen) atoms. The van der Waals surface area contributed by atoms with Crippen molar-refractivity contribution in [2.75, 3.05) is 7.05 Å². The average Bonchev–Trinajstić information content (AvgIpc) is 2.87. The van der Waals surface area contributed by atoms with Crippen LogP contribution in [0.5, 0.6) is 0 Å². The molecule has 2 rings (SSSR count). The molecule has 0 aliphatic rings. The van der Waals surface area contributed by atoms with Crippen molar-refractivity contribution in [1.82, 2.24) is 14.9 Å². The first kappa shape index (κ1) is 14.9. The van der Waals surface area contributed by atoms with Crippen LogP contribution < -0.4 is 5.32 Å². The summed E-state index contributed by atoms with van der Waals surface area (Å²) >= 11 is 1.27. The van der Waals surface area contributed by atoms with E-state index in [1.807, 2.05) is 6.92 Å². The first-order chi connectivity index (χ1) is 9.47. The van der Waals surface area contributed by atoms with Gasteiger partial charge >= 0.3 is 6.18 Å². The van der Waals surface area contributed by atoms with Crippen molar-refractivity contribution in [2.24, 2.45) is 0 Å². The lowest BCUT2D eigenvalue weighted by molar-refractivity contribution is -0.137. The number of hydrogen-bond donors (Lipinski definition) is 1. The molecule has 0 aliphatic carbocycles. The smallest absolute Gasteiger partial charge is 0.309 e. The van der Waals surface area contributed by atoms with E-state index in [1.54, 1.807) is 7.05 Å². The summed E-state index contributed by atoms with van der Waals surface area (Å²) in [6.07, 6.45) is -3.57. The molecule has 1 unspecified atom stereocenters. The number of rotatable bonds is 4. The molecular weight excluding hydrogens is 287 g/mol. The molecule has 3 nitrogen and oxygen atoms in total. The highest BCUT2D eigenvalue weighted by Gasteiger charge is 2.30. The number of aryl methyl sites for hydroxylation is 1. The van der Waals surface area contributed by atoms with E-state index >= 15 is 0 Å². The van der Waals surface area contributed by atoms with Gasteiger partial charge in [-0.25, -0.2) is 0 Å². The number of nitrogens with zero attached hydrogens (tertiary/aromatic N) is 2. The molecule has 0 aliphatic heterocycles. The Bertz CT molecular complexity index is 563. The van der Waals surface area contributed by atoms with Crippen molar-refractivity contribution < 1.29 is 13.2 Å². The van der Waals surface area contributed by atoms with Crippen LogP contribution in [0, 0.1) is 0 Å². The summed E-state index contributed by atoms with van der Waals surface area (Å²) in [4.78, 5) is 0.940. The van der Waals surface area contributed by atoms with E-state index in [2.05, 4.69) is 14.9 Å². The van der Waals surface area contributed by atoms with Gasteiger partial charge < -0.3 is 5.32 Å². The van der Waals surface area contributed by atoms with Gasteiger partial charge in [0.15, 0.2) is 0 Å². The van der Waals surface area contributed by atoms with Crippen LogP contribution in [-0.2, 0) is 12.6 Å². The van der Waals surface area contributed by atoms with Gasteiger partial charge in [0, 0.05) is 0 Å². The SMILES string of the molecule is CCc1nnsc1C(NC)c1ccc(C(F)(F)F)cc1. The Morgan fingerprint density at radius 1 is 1.25 bits per heavy atom. The summed E-state index contributed by atoms with van der Waals surface area (Å²) in [7, 11) is 1.77. The molecule has 7 heteroatoms. The highest BCUT2D eigenvalue weighted by Crippen LogP contribution is 2.32. The van der Waals surface area contributed by atoms with Gasteiger partial charge in [-0.1, -0.05) is 23.5 Å². The topological polar surface area (TPSA) is 37.8 Å². The summed E-state index contributed by atoms with van der Waals surface area (Å²) in [6.45, 7) is 1.97. The van der Waals surface area contributed by atoms with Gasteiger partial charge in [0.2, 0.25) is 0 Å². The fourth-order valence-electron chi connectivity index (χ4n) is 1.99. The lowest BCUT2D eigenvalue weighted by Crippen LogP contribution is -2.18. The largest absolute Gasteiger partial charge is 0.416 e. The maximum absolute atomic E-state index is 12.6. The van der Waals surface area contributed by atoms with Crippen LogP contribution >= 0.6 is 11.5 Å². The third kappa shape index (κ3) is 2.99. The monoisotopic (exact) mass is 301 g/mol. The van der Waals surface area contributed by atoms with E-state index in [-0.39, 0.29) is 6.04 Å². The Balaban J connectivity index is 2.33. The van der Waals surface area contributed by atoms with E-state index in [0.717, 1.165) is 34.7 Å². The number of alkyl halides is 3. The van der Waals surface area contributed by atoms with Gasteiger partial charge in [-0.15, -0.1) is 5.10 Å². The zero-order valence-corrected chi connectivity index (χ0v) is 11.8. The number of benzene rings is 1. The van der Waals surface area contributed by atoms with Crippen LogP contribution in [0.4, 0.5) is 13.2 Å². The maximum Gasteiger partial charge on any atom is 0.416 e. The van der Waals surface area contributed by atoms with Crippen molar-refractivity contribution in [2.45, 2.75) is 25.6 Å². The summed E-state index contributed by atoms with van der Waals surface area (Å²) in [6, 6.07) is 4.98. The van der Waals surface area contributed by atoms with Crippen LogP contribution in [0.3, 0.4) is 0 Å². The number of aromatic nitrogens is 2. The summed E-state index contributed by atoms with van der Waals surface area (Å²) in [5.74, 6) is 0. The first-order valence-electron chi connectivity index (χ1n) is 6.13. The van der Waals surface area contributed by atoms with Crippen LogP contribution in [0.25, 0.3) is 0 Å². The Hall–Kier alpha value is -1.47. The van der Waals surface area contributed by atoms with Crippen molar-refractivity contribution >= 4 is 11.5 Å². The number of hydrogen-bond acceptors (Lipinski definition) is 4. The third-order valence-electron chi connectivity index (χ3n) is 3.04. The van der Waals surface area contributed by atoms with Crippen LogP contribution in [0.2, 0.25) is 0 Å². The van der Waals surface area contributed by atoms with Crippen LogP contribution in [0.15, 0.2) is 24.3 Å². The molecule has 0 radical (unpaired) electrons. The molecular formula is C13H14F3N3S. The molecule has 108 valence electrons. The molecule has 1 heterocycles. The minimum absolute atomic E-state index is 0.188. The minimum Gasteiger partial charge on any atom is -0.309 e. The van der Waals surface area contributed by atoms with Gasteiger partial charge in [0.1, 0.15) is 0 Å². The average molecular weight is 301 g/mol. The maximum atomic E-state index is 12.6. The van der Waals surface area contributed by atoms with E-state index in [1.165, 1.54) is 23.7 Å². The summed E-state index contributed by atoms with van der Waals surface area (Å²) in [5.41, 5.74) is 0.991. The molecule has 0 amide bonds. The lowest BCUT2D eigenvalue weighted by Gasteiger charge is -2.16. The van der Waals surface area contributed by atoms with Gasteiger partial charge in [0.05, 0.1) is 22.2 Å². The fraction of sp³-hybridized carbons (Fsp3) is 0.385. The van der Waals surface area contributed by atoms with Gasteiger partial charge in [-0.2, -0.15) is 13.2 Å². The zero-order valence-electron chi connectivity index (χ0n) is 11.0. The van der Waals surface area contributed by atoms with Gasteiger partial charge in [0.25, 0.3) is 0 Å².